The first kappa shape index (κ1) is 13.9. The van der Waals surface area contributed by atoms with Crippen molar-refractivity contribution in [3.8, 4) is 0 Å². The van der Waals surface area contributed by atoms with E-state index in [9.17, 15) is 5.11 Å². The molecule has 1 aromatic carbocycles. The second-order valence-corrected chi connectivity index (χ2v) is 4.62. The van der Waals surface area contributed by atoms with Crippen LogP contribution in [-0.2, 0) is 0 Å². The first-order valence-electron chi connectivity index (χ1n) is 6.30. The average Bonchev–Trinajstić information content (AvgIpc) is 2.34. The van der Waals surface area contributed by atoms with Crippen LogP contribution < -0.4 is 5.32 Å². The highest BCUT2D eigenvalue weighted by molar-refractivity contribution is 5.48. The molecule has 17 heavy (non-hydrogen) atoms. The van der Waals surface area contributed by atoms with Gasteiger partial charge < -0.3 is 10.4 Å². The van der Waals surface area contributed by atoms with Crippen LogP contribution in [0, 0.1) is 5.92 Å². The van der Waals surface area contributed by atoms with Crippen LogP contribution in [0.15, 0.2) is 36.4 Å². The Morgan fingerprint density at radius 1 is 1.24 bits per heavy atom. The second-order valence-electron chi connectivity index (χ2n) is 4.62. The molecule has 0 aliphatic carbocycles. The lowest BCUT2D eigenvalue weighted by molar-refractivity contribution is 0.116. The molecule has 94 valence electrons. The molecule has 2 N–H and O–H groups in total. The van der Waals surface area contributed by atoms with Gasteiger partial charge in [-0.15, -0.1) is 0 Å². The van der Waals surface area contributed by atoms with Crippen LogP contribution in [-0.4, -0.2) is 24.3 Å². The minimum Gasteiger partial charge on any atom is -0.393 e. The van der Waals surface area contributed by atoms with Crippen molar-refractivity contribution in [2.45, 2.75) is 26.4 Å². The maximum absolute atomic E-state index is 9.60. The van der Waals surface area contributed by atoms with E-state index in [1.165, 1.54) is 5.56 Å². The van der Waals surface area contributed by atoms with E-state index in [1.54, 1.807) is 0 Å². The van der Waals surface area contributed by atoms with Gasteiger partial charge in [0.1, 0.15) is 0 Å². The van der Waals surface area contributed by atoms with E-state index in [0.717, 1.165) is 19.5 Å². The maximum Gasteiger partial charge on any atom is 0.0575 e. The summed E-state index contributed by atoms with van der Waals surface area (Å²) < 4.78 is 0. The van der Waals surface area contributed by atoms with Gasteiger partial charge in [0.05, 0.1) is 6.10 Å². The molecule has 2 nitrogen and oxygen atoms in total. The summed E-state index contributed by atoms with van der Waals surface area (Å²) in [6.07, 6.45) is 4.83. The summed E-state index contributed by atoms with van der Waals surface area (Å²) in [7, 11) is 0. The lowest BCUT2D eigenvalue weighted by Gasteiger charge is -2.13. The Morgan fingerprint density at radius 3 is 2.59 bits per heavy atom. The van der Waals surface area contributed by atoms with Crippen LogP contribution >= 0.6 is 0 Å². The Morgan fingerprint density at radius 2 is 1.94 bits per heavy atom. The normalized spacial score (nSPS) is 13.4. The minimum atomic E-state index is -0.194. The number of benzene rings is 1. The first-order valence-corrected chi connectivity index (χ1v) is 6.30. The number of rotatable bonds is 7. The zero-order valence-corrected chi connectivity index (χ0v) is 10.8. The molecule has 2 heteroatoms. The number of aliphatic hydroxyl groups excluding tert-OH is 1. The van der Waals surface area contributed by atoms with Crippen molar-refractivity contribution >= 4 is 6.08 Å². The van der Waals surface area contributed by atoms with Crippen molar-refractivity contribution in [3.05, 3.63) is 42.0 Å². The van der Waals surface area contributed by atoms with Crippen molar-refractivity contribution in [1.29, 1.82) is 0 Å². The van der Waals surface area contributed by atoms with E-state index in [4.69, 9.17) is 0 Å². The van der Waals surface area contributed by atoms with Gasteiger partial charge in [0, 0.05) is 6.54 Å². The lowest BCUT2D eigenvalue weighted by Crippen LogP contribution is -2.23. The molecule has 0 aliphatic rings. The number of hydrogen-bond acceptors (Lipinski definition) is 2. The molecule has 0 aliphatic heterocycles. The van der Waals surface area contributed by atoms with Crippen LogP contribution in [0.1, 0.15) is 25.8 Å². The summed E-state index contributed by atoms with van der Waals surface area (Å²) in [4.78, 5) is 0. The summed E-state index contributed by atoms with van der Waals surface area (Å²) in [5, 5.41) is 12.9. The predicted molar refractivity (Wildman–Crippen MR) is 73.8 cm³/mol. The molecule has 0 heterocycles. The molecule has 0 radical (unpaired) electrons. The fourth-order valence-corrected chi connectivity index (χ4v) is 1.53. The third-order valence-corrected chi connectivity index (χ3v) is 2.76. The van der Waals surface area contributed by atoms with Crippen LogP contribution in [0.4, 0.5) is 0 Å². The van der Waals surface area contributed by atoms with E-state index in [2.05, 4.69) is 29.6 Å². The Kier molecular flexibility index (Phi) is 6.60. The van der Waals surface area contributed by atoms with E-state index >= 15 is 0 Å². The highest BCUT2D eigenvalue weighted by Gasteiger charge is 2.07. The van der Waals surface area contributed by atoms with Crippen molar-refractivity contribution in [3.63, 3.8) is 0 Å². The van der Waals surface area contributed by atoms with E-state index in [0.29, 0.717) is 5.92 Å². The second kappa shape index (κ2) is 8.04. The van der Waals surface area contributed by atoms with Crippen molar-refractivity contribution < 1.29 is 5.11 Å². The van der Waals surface area contributed by atoms with Crippen LogP contribution in [0.3, 0.4) is 0 Å². The SMILES string of the molecule is CC(C)C(O)CCNC/C=C/c1ccccc1. The topological polar surface area (TPSA) is 32.3 Å². The lowest BCUT2D eigenvalue weighted by atomic mass is 10.0. The fraction of sp³-hybridized carbons (Fsp3) is 0.467. The summed E-state index contributed by atoms with van der Waals surface area (Å²) in [6.45, 7) is 5.79. The molecule has 1 atom stereocenters. The van der Waals surface area contributed by atoms with Gasteiger partial charge in [-0.05, 0) is 24.4 Å². The Bertz CT molecular complexity index is 319. The smallest absolute Gasteiger partial charge is 0.0575 e. The van der Waals surface area contributed by atoms with E-state index in [-0.39, 0.29) is 6.10 Å². The van der Waals surface area contributed by atoms with Crippen molar-refractivity contribution in [2.75, 3.05) is 13.1 Å². The Labute approximate surface area is 104 Å². The van der Waals surface area contributed by atoms with E-state index in [1.807, 2.05) is 32.0 Å². The summed E-state index contributed by atoms with van der Waals surface area (Å²) in [5.41, 5.74) is 1.22. The number of aliphatic hydroxyl groups is 1. The highest BCUT2D eigenvalue weighted by Crippen LogP contribution is 2.04. The monoisotopic (exact) mass is 233 g/mol. The van der Waals surface area contributed by atoms with Crippen molar-refractivity contribution in [1.82, 2.24) is 5.32 Å². The molecule has 0 spiro atoms. The molecule has 0 saturated heterocycles. The third kappa shape index (κ3) is 6.25. The van der Waals surface area contributed by atoms with E-state index < -0.39 is 0 Å². The quantitative estimate of drug-likeness (QED) is 0.710. The molecule has 1 unspecified atom stereocenters. The summed E-state index contributed by atoms with van der Waals surface area (Å²) >= 11 is 0. The van der Waals surface area contributed by atoms with Gasteiger partial charge in [-0.25, -0.2) is 0 Å². The van der Waals surface area contributed by atoms with Crippen LogP contribution in [0.2, 0.25) is 0 Å². The predicted octanol–water partition coefficient (Wildman–Crippen LogP) is 2.70. The summed E-state index contributed by atoms with van der Waals surface area (Å²) in [6, 6.07) is 10.2. The zero-order chi connectivity index (χ0) is 12.5. The molecule has 0 saturated carbocycles. The van der Waals surface area contributed by atoms with Crippen molar-refractivity contribution in [2.24, 2.45) is 5.92 Å². The van der Waals surface area contributed by atoms with Crippen LogP contribution in [0.25, 0.3) is 6.08 Å². The van der Waals surface area contributed by atoms with Gasteiger partial charge in [-0.2, -0.15) is 0 Å². The van der Waals surface area contributed by atoms with Gasteiger partial charge in [-0.1, -0.05) is 56.3 Å². The van der Waals surface area contributed by atoms with Crippen LogP contribution in [0.5, 0.6) is 0 Å². The number of hydrogen-bond donors (Lipinski definition) is 2. The summed E-state index contributed by atoms with van der Waals surface area (Å²) in [5.74, 6) is 0.344. The molecule has 0 fully saturated rings. The molecule has 0 bridgehead atoms. The molecular formula is C15H23NO. The molecule has 1 rings (SSSR count). The third-order valence-electron chi connectivity index (χ3n) is 2.76. The number of nitrogens with one attached hydrogen (secondary N) is 1. The largest absolute Gasteiger partial charge is 0.393 e. The first-order chi connectivity index (χ1) is 8.20. The van der Waals surface area contributed by atoms with Gasteiger partial charge in [-0.3, -0.25) is 0 Å². The molecule has 0 amide bonds. The van der Waals surface area contributed by atoms with Gasteiger partial charge in [0.2, 0.25) is 0 Å². The molecular weight excluding hydrogens is 210 g/mol. The molecule has 0 aromatic heterocycles. The van der Waals surface area contributed by atoms with Gasteiger partial charge >= 0.3 is 0 Å². The molecule has 1 aromatic rings. The maximum atomic E-state index is 9.60. The zero-order valence-electron chi connectivity index (χ0n) is 10.8. The van der Waals surface area contributed by atoms with Gasteiger partial charge in [0.25, 0.3) is 0 Å². The average molecular weight is 233 g/mol. The van der Waals surface area contributed by atoms with Gasteiger partial charge in [0.15, 0.2) is 0 Å². The standard InChI is InChI=1S/C15H23NO/c1-13(2)15(17)10-12-16-11-6-9-14-7-4-3-5-8-14/h3-9,13,15-17H,10-12H2,1-2H3/b9-6+. The minimum absolute atomic E-state index is 0.194. The Balaban J connectivity index is 2.10. The highest BCUT2D eigenvalue weighted by atomic mass is 16.3. The fourth-order valence-electron chi connectivity index (χ4n) is 1.53. The Hall–Kier alpha value is -1.12.